The highest BCUT2D eigenvalue weighted by Crippen LogP contribution is 2.36. The zero-order valence-electron chi connectivity index (χ0n) is 24.6. The Hall–Kier alpha value is -4.93. The van der Waals surface area contributed by atoms with Gasteiger partial charge in [0.2, 0.25) is 0 Å². The van der Waals surface area contributed by atoms with E-state index in [0.29, 0.717) is 32.1 Å². The molecule has 1 atom stereocenters. The lowest BCUT2D eigenvalue weighted by Gasteiger charge is -2.26. The lowest BCUT2D eigenvalue weighted by atomic mass is 9.93. The Balaban J connectivity index is 1.54. The molecule has 45 heavy (non-hydrogen) atoms. The highest BCUT2D eigenvalue weighted by molar-refractivity contribution is 7.98. The van der Waals surface area contributed by atoms with Gasteiger partial charge in [-0.05, 0) is 67.6 Å². The zero-order chi connectivity index (χ0) is 31.7. The number of hydrogen-bond acceptors (Lipinski definition) is 8. The molecule has 0 unspecified atom stereocenters. The molecule has 0 fully saturated rings. The van der Waals surface area contributed by atoms with Crippen LogP contribution in [0, 0.1) is 6.92 Å². The fourth-order valence-corrected chi connectivity index (χ4v) is 6.66. The first kappa shape index (κ1) is 30.1. The van der Waals surface area contributed by atoms with E-state index in [1.165, 1.54) is 11.3 Å². The molecule has 0 bridgehead atoms. The molecule has 3 heterocycles. The number of aryl methyl sites for hydroxylation is 1. The average molecular weight is 637 g/mol. The number of aromatic carboxylic acids is 1. The maximum Gasteiger partial charge on any atom is 0.338 e. The normalized spacial score (nSPS) is 14.6. The van der Waals surface area contributed by atoms with Crippen LogP contribution in [0.15, 0.2) is 110 Å². The third kappa shape index (κ3) is 5.82. The molecule has 5 aromatic rings. The molecule has 0 amide bonds. The Labute approximate surface area is 266 Å². The molecule has 0 spiro atoms. The molecule has 2 aromatic heterocycles. The van der Waals surface area contributed by atoms with Gasteiger partial charge in [-0.3, -0.25) is 9.36 Å². The number of aromatic nitrogens is 1. The van der Waals surface area contributed by atoms with Crippen molar-refractivity contribution in [1.29, 1.82) is 0 Å². The van der Waals surface area contributed by atoms with Crippen LogP contribution in [-0.2, 0) is 9.53 Å². The molecule has 226 valence electrons. The van der Waals surface area contributed by atoms with Gasteiger partial charge >= 0.3 is 11.9 Å². The van der Waals surface area contributed by atoms with Crippen LogP contribution < -0.4 is 14.9 Å². The van der Waals surface area contributed by atoms with Crippen LogP contribution in [0.1, 0.15) is 45.8 Å². The number of carboxylic acid groups (broad SMARTS) is 1. The molecule has 8 nitrogen and oxygen atoms in total. The number of benzene rings is 3. The minimum absolute atomic E-state index is 0.152. The minimum atomic E-state index is -1.03. The molecule has 0 aliphatic carbocycles. The number of furan rings is 1. The van der Waals surface area contributed by atoms with Crippen molar-refractivity contribution in [2.75, 3.05) is 12.9 Å². The highest BCUT2D eigenvalue weighted by Gasteiger charge is 2.35. The lowest BCUT2D eigenvalue weighted by Crippen LogP contribution is -2.40. The summed E-state index contributed by atoms with van der Waals surface area (Å²) in [4.78, 5) is 45.7. The van der Waals surface area contributed by atoms with Crippen LogP contribution in [0.2, 0.25) is 0 Å². The smallest absolute Gasteiger partial charge is 0.338 e. The van der Waals surface area contributed by atoms with Gasteiger partial charge in [-0.2, -0.15) is 0 Å². The lowest BCUT2D eigenvalue weighted by molar-refractivity contribution is -0.138. The summed E-state index contributed by atoms with van der Waals surface area (Å²) in [5, 5.41) is 9.45. The van der Waals surface area contributed by atoms with E-state index in [9.17, 15) is 19.5 Å². The summed E-state index contributed by atoms with van der Waals surface area (Å²) in [6.45, 7) is 3.79. The zero-order valence-corrected chi connectivity index (χ0v) is 26.3. The Morgan fingerprint density at radius 1 is 1.07 bits per heavy atom. The van der Waals surface area contributed by atoms with Crippen molar-refractivity contribution >= 4 is 46.8 Å². The van der Waals surface area contributed by atoms with E-state index in [1.807, 2.05) is 67.8 Å². The summed E-state index contributed by atoms with van der Waals surface area (Å²) in [6.07, 6.45) is 3.63. The number of thioether (sulfide) groups is 1. The van der Waals surface area contributed by atoms with Gasteiger partial charge in [-0.1, -0.05) is 59.9 Å². The predicted molar refractivity (Wildman–Crippen MR) is 175 cm³/mol. The van der Waals surface area contributed by atoms with E-state index in [0.717, 1.165) is 21.6 Å². The van der Waals surface area contributed by atoms with E-state index in [4.69, 9.17) is 14.1 Å². The maximum atomic E-state index is 14.1. The van der Waals surface area contributed by atoms with Crippen LogP contribution in [-0.4, -0.2) is 34.5 Å². The Morgan fingerprint density at radius 2 is 1.82 bits per heavy atom. The van der Waals surface area contributed by atoms with Crippen LogP contribution >= 0.6 is 23.1 Å². The van der Waals surface area contributed by atoms with Gasteiger partial charge in [0.05, 0.1) is 34.0 Å². The van der Waals surface area contributed by atoms with Gasteiger partial charge in [-0.15, -0.1) is 11.8 Å². The van der Waals surface area contributed by atoms with Crippen LogP contribution in [0.3, 0.4) is 0 Å². The number of rotatable bonds is 8. The summed E-state index contributed by atoms with van der Waals surface area (Å²) in [5.74, 6) is -0.664. The van der Waals surface area contributed by atoms with Crippen molar-refractivity contribution in [2.45, 2.75) is 24.8 Å². The number of ether oxygens (including phenoxy) is 1. The Bertz CT molecular complexity index is 2140. The molecule has 1 aliphatic rings. The van der Waals surface area contributed by atoms with Gasteiger partial charge < -0.3 is 14.3 Å². The van der Waals surface area contributed by atoms with Gasteiger partial charge in [0.15, 0.2) is 4.80 Å². The second kappa shape index (κ2) is 12.6. The molecule has 10 heteroatoms. The van der Waals surface area contributed by atoms with E-state index in [-0.39, 0.29) is 23.3 Å². The van der Waals surface area contributed by atoms with Crippen molar-refractivity contribution in [3.8, 4) is 11.3 Å². The van der Waals surface area contributed by atoms with Crippen LogP contribution in [0.25, 0.3) is 23.1 Å². The minimum Gasteiger partial charge on any atom is -0.478 e. The van der Waals surface area contributed by atoms with E-state index >= 15 is 0 Å². The number of esters is 1. The number of carbonyl (C=O) groups is 2. The van der Waals surface area contributed by atoms with Crippen LogP contribution in [0.4, 0.5) is 0 Å². The average Bonchev–Trinajstić information content (AvgIpc) is 3.64. The molecule has 0 saturated heterocycles. The Kier molecular flexibility index (Phi) is 8.42. The third-order valence-electron chi connectivity index (χ3n) is 7.46. The van der Waals surface area contributed by atoms with E-state index in [1.54, 1.807) is 59.7 Å². The van der Waals surface area contributed by atoms with Gasteiger partial charge in [-0.25, -0.2) is 14.6 Å². The first-order valence-corrected chi connectivity index (χ1v) is 16.2. The summed E-state index contributed by atoms with van der Waals surface area (Å²) >= 11 is 2.80. The molecule has 1 aliphatic heterocycles. The van der Waals surface area contributed by atoms with Crippen LogP contribution in [0.5, 0.6) is 0 Å². The molecule has 0 saturated carbocycles. The highest BCUT2D eigenvalue weighted by atomic mass is 32.2. The van der Waals surface area contributed by atoms with Crippen molar-refractivity contribution in [2.24, 2.45) is 4.99 Å². The van der Waals surface area contributed by atoms with Crippen molar-refractivity contribution in [1.82, 2.24) is 4.57 Å². The molecule has 6 rings (SSSR count). The molecular weight excluding hydrogens is 609 g/mol. The quantitative estimate of drug-likeness (QED) is 0.166. The fraction of sp³-hybridized carbons (Fsp3) is 0.143. The molecular formula is C35H28N2O6S2. The molecule has 1 N–H and O–H groups in total. The van der Waals surface area contributed by atoms with Crippen molar-refractivity contribution < 1.29 is 23.8 Å². The summed E-state index contributed by atoms with van der Waals surface area (Å²) < 4.78 is 13.5. The number of carboxylic acids is 1. The standard InChI is InChI=1S/C35H28N2O6S2/c1-4-42-34(41)29-30(21-8-6-5-7-9-21)36-35-37(31(29)22-12-15-25(44-3)16-13-22)32(38)28(45-35)19-24-14-17-27(43-24)26-18-23(33(39)40)11-10-20(26)2/h5-19,31H,4H2,1-3H3,(H,39,40)/b28-19-/t31-/m1/s1. The number of fused-ring (bicyclic) bond motifs is 1. The third-order valence-corrected chi connectivity index (χ3v) is 9.18. The van der Waals surface area contributed by atoms with Crippen molar-refractivity contribution in [3.63, 3.8) is 0 Å². The molecule has 0 radical (unpaired) electrons. The Morgan fingerprint density at radius 3 is 2.51 bits per heavy atom. The van der Waals surface area contributed by atoms with Gasteiger partial charge in [0.25, 0.3) is 5.56 Å². The predicted octanol–water partition coefficient (Wildman–Crippen LogP) is 5.92. The van der Waals surface area contributed by atoms with Crippen molar-refractivity contribution in [3.05, 3.63) is 138 Å². The second-order valence-corrected chi connectivity index (χ2v) is 12.1. The SMILES string of the molecule is CCOC(=O)C1=C(c2ccccc2)N=c2s/c(=C\c3ccc(-c4cc(C(=O)O)ccc4C)o3)c(=O)n2[C@@H]1c1ccc(SC)cc1. The number of nitrogens with zero attached hydrogens (tertiary/aromatic N) is 2. The fourth-order valence-electron chi connectivity index (χ4n) is 5.27. The second-order valence-electron chi connectivity index (χ2n) is 10.2. The number of carbonyl (C=O) groups excluding carboxylic acids is 1. The first-order valence-electron chi connectivity index (χ1n) is 14.2. The van der Waals surface area contributed by atoms with E-state index in [2.05, 4.69) is 0 Å². The topological polar surface area (TPSA) is 111 Å². The monoisotopic (exact) mass is 636 g/mol. The summed E-state index contributed by atoms with van der Waals surface area (Å²) in [6, 6.07) is 24.7. The largest absolute Gasteiger partial charge is 0.478 e. The first-order chi connectivity index (χ1) is 21.8. The number of thiazole rings is 1. The van der Waals surface area contributed by atoms with E-state index < -0.39 is 18.0 Å². The van der Waals surface area contributed by atoms with Gasteiger partial charge in [0.1, 0.15) is 11.5 Å². The van der Waals surface area contributed by atoms with Gasteiger partial charge in [0, 0.05) is 22.1 Å². The maximum absolute atomic E-state index is 14.1. The molecule has 3 aromatic carbocycles. The summed E-state index contributed by atoms with van der Waals surface area (Å²) in [7, 11) is 0. The summed E-state index contributed by atoms with van der Waals surface area (Å²) in [5.41, 5.74) is 3.55. The number of hydrogen-bond donors (Lipinski definition) is 1.